The van der Waals surface area contributed by atoms with Crippen molar-refractivity contribution in [1.29, 1.82) is 0 Å². The van der Waals surface area contributed by atoms with Gasteiger partial charge in [0.05, 0.1) is 23.6 Å². The lowest BCUT2D eigenvalue weighted by Crippen LogP contribution is -2.29. The maximum Gasteiger partial charge on any atom is 0.291 e. The smallest absolute Gasteiger partial charge is 0.291 e. The van der Waals surface area contributed by atoms with Crippen LogP contribution in [-0.4, -0.2) is 22.4 Å². The van der Waals surface area contributed by atoms with Crippen molar-refractivity contribution in [2.75, 3.05) is 6.61 Å². The first-order valence-electron chi connectivity index (χ1n) is 12.5. The lowest BCUT2D eigenvalue weighted by Gasteiger charge is -2.25. The zero-order valence-electron chi connectivity index (χ0n) is 20.9. The maximum atomic E-state index is 13.9. The second-order valence-corrected chi connectivity index (χ2v) is 9.45. The van der Waals surface area contributed by atoms with Gasteiger partial charge in [0.1, 0.15) is 11.3 Å². The van der Waals surface area contributed by atoms with Crippen molar-refractivity contribution in [3.8, 4) is 5.75 Å². The largest absolute Gasteiger partial charge is 0.494 e. The lowest BCUT2D eigenvalue weighted by molar-refractivity contribution is 0.0714. The van der Waals surface area contributed by atoms with E-state index in [0.717, 1.165) is 47.3 Å². The van der Waals surface area contributed by atoms with Crippen molar-refractivity contribution in [2.45, 2.75) is 52.6 Å². The topological polar surface area (TPSA) is 72.6 Å². The van der Waals surface area contributed by atoms with E-state index in [0.29, 0.717) is 29.7 Å². The summed E-state index contributed by atoms with van der Waals surface area (Å²) in [6, 6.07) is 14.7. The second kappa shape index (κ2) is 9.97. The van der Waals surface area contributed by atoms with E-state index in [9.17, 15) is 9.59 Å². The van der Waals surface area contributed by atoms with Crippen LogP contribution in [0.25, 0.3) is 11.0 Å². The van der Waals surface area contributed by atoms with Crippen LogP contribution < -0.4 is 10.2 Å². The summed E-state index contributed by atoms with van der Waals surface area (Å²) in [4.78, 5) is 33.4. The third-order valence-corrected chi connectivity index (χ3v) is 6.70. The Hall–Kier alpha value is -3.93. The summed E-state index contributed by atoms with van der Waals surface area (Å²) in [7, 11) is 0. The monoisotopic (exact) mass is 482 g/mol. The van der Waals surface area contributed by atoms with E-state index in [1.165, 1.54) is 0 Å². The second-order valence-electron chi connectivity index (χ2n) is 9.45. The summed E-state index contributed by atoms with van der Waals surface area (Å²) in [5, 5.41) is 0.524. The Balaban J connectivity index is 1.60. The number of aromatic nitrogens is 1. The van der Waals surface area contributed by atoms with Gasteiger partial charge in [0.2, 0.25) is 5.76 Å². The summed E-state index contributed by atoms with van der Waals surface area (Å²) in [5.41, 5.74) is 4.21. The van der Waals surface area contributed by atoms with E-state index in [1.807, 2.05) is 62.4 Å². The van der Waals surface area contributed by atoms with E-state index in [2.05, 4.69) is 11.9 Å². The minimum atomic E-state index is -0.566. The molecule has 6 heteroatoms. The first-order valence-corrected chi connectivity index (χ1v) is 12.5. The molecule has 5 rings (SSSR count). The number of pyridine rings is 1. The van der Waals surface area contributed by atoms with Gasteiger partial charge in [-0.25, -0.2) is 0 Å². The van der Waals surface area contributed by atoms with E-state index in [-0.39, 0.29) is 17.1 Å². The van der Waals surface area contributed by atoms with Crippen LogP contribution in [0.2, 0.25) is 0 Å². The first kappa shape index (κ1) is 23.8. The molecule has 0 aliphatic carbocycles. The number of aryl methyl sites for hydroxylation is 2. The van der Waals surface area contributed by atoms with Crippen LogP contribution in [0.1, 0.15) is 70.6 Å². The highest BCUT2D eigenvalue weighted by Crippen LogP contribution is 2.40. The van der Waals surface area contributed by atoms with Gasteiger partial charge in [0, 0.05) is 18.9 Å². The van der Waals surface area contributed by atoms with Crippen LogP contribution in [-0.2, 0) is 6.54 Å². The Bertz CT molecular complexity index is 1460. The molecule has 1 atom stereocenters. The molecule has 4 aromatic rings. The minimum absolute atomic E-state index is 0.117. The van der Waals surface area contributed by atoms with Gasteiger partial charge in [-0.1, -0.05) is 44.0 Å². The van der Waals surface area contributed by atoms with Crippen LogP contribution in [0.15, 0.2) is 70.1 Å². The molecule has 2 aromatic heterocycles. The quantitative estimate of drug-likeness (QED) is 0.283. The fourth-order valence-electron chi connectivity index (χ4n) is 5.00. The van der Waals surface area contributed by atoms with Gasteiger partial charge in [0.15, 0.2) is 5.43 Å². The number of benzene rings is 2. The maximum absolute atomic E-state index is 13.9. The molecule has 0 saturated carbocycles. The van der Waals surface area contributed by atoms with Gasteiger partial charge in [-0.15, -0.1) is 0 Å². The van der Waals surface area contributed by atoms with Crippen molar-refractivity contribution in [1.82, 2.24) is 9.88 Å². The number of amides is 1. The van der Waals surface area contributed by atoms with E-state index < -0.39 is 6.04 Å². The number of carbonyl (C=O) groups excluding carboxylic acids is 1. The van der Waals surface area contributed by atoms with Crippen molar-refractivity contribution < 1.29 is 13.9 Å². The predicted octanol–water partition coefficient (Wildman–Crippen LogP) is 6.12. The zero-order chi connectivity index (χ0) is 25.2. The standard InChI is InChI=1S/C30H30N2O4/c1-4-5-6-14-35-23-11-9-22(10-12-23)27-26-28(33)25-20(3)15-19(2)16-24(25)36-29(26)30(34)32(27)18-21-8-7-13-31-17-21/h7-13,15-17,27H,4-6,14,18H2,1-3H3. The highest BCUT2D eigenvalue weighted by atomic mass is 16.5. The average Bonchev–Trinajstić information content (AvgIpc) is 3.14. The van der Waals surface area contributed by atoms with Crippen molar-refractivity contribution in [3.63, 3.8) is 0 Å². The molecule has 2 aromatic carbocycles. The minimum Gasteiger partial charge on any atom is -0.494 e. The molecule has 0 saturated heterocycles. The zero-order valence-corrected chi connectivity index (χ0v) is 20.9. The average molecular weight is 483 g/mol. The third-order valence-electron chi connectivity index (χ3n) is 6.70. The molecule has 0 fully saturated rings. The van der Waals surface area contributed by atoms with Crippen LogP contribution >= 0.6 is 0 Å². The highest BCUT2D eigenvalue weighted by Gasteiger charge is 2.43. The Morgan fingerprint density at radius 3 is 2.58 bits per heavy atom. The van der Waals surface area contributed by atoms with Crippen LogP contribution in [0.5, 0.6) is 5.75 Å². The number of hydrogen-bond acceptors (Lipinski definition) is 5. The summed E-state index contributed by atoms with van der Waals surface area (Å²) >= 11 is 0. The number of ether oxygens (including phenoxy) is 1. The lowest BCUT2D eigenvalue weighted by atomic mass is 9.96. The fraction of sp³-hybridized carbons (Fsp3) is 0.300. The van der Waals surface area contributed by atoms with Crippen molar-refractivity contribution >= 4 is 16.9 Å². The predicted molar refractivity (Wildman–Crippen MR) is 139 cm³/mol. The first-order chi connectivity index (χ1) is 17.5. The molecule has 0 radical (unpaired) electrons. The molecule has 184 valence electrons. The number of rotatable bonds is 8. The molecule has 1 aliphatic rings. The van der Waals surface area contributed by atoms with Gasteiger partial charge >= 0.3 is 0 Å². The summed E-state index contributed by atoms with van der Waals surface area (Å²) in [6.45, 7) is 6.99. The number of unbranched alkanes of at least 4 members (excludes halogenated alkanes) is 2. The van der Waals surface area contributed by atoms with Crippen molar-refractivity contribution in [2.24, 2.45) is 0 Å². The molecule has 6 nitrogen and oxygen atoms in total. The number of fused-ring (bicyclic) bond motifs is 2. The molecule has 1 unspecified atom stereocenters. The fourth-order valence-corrected chi connectivity index (χ4v) is 5.00. The molecule has 3 heterocycles. The van der Waals surface area contributed by atoms with Crippen LogP contribution in [0.3, 0.4) is 0 Å². The van der Waals surface area contributed by atoms with E-state index in [4.69, 9.17) is 9.15 Å². The van der Waals surface area contributed by atoms with Crippen LogP contribution in [0, 0.1) is 13.8 Å². The highest BCUT2D eigenvalue weighted by molar-refractivity contribution is 5.99. The van der Waals surface area contributed by atoms with Gasteiger partial charge in [-0.2, -0.15) is 0 Å². The number of hydrogen-bond donors (Lipinski definition) is 0. The molecule has 0 spiro atoms. The molecule has 0 N–H and O–H groups in total. The molecule has 1 amide bonds. The third kappa shape index (κ3) is 4.39. The summed E-state index contributed by atoms with van der Waals surface area (Å²) in [6.07, 6.45) is 6.71. The van der Waals surface area contributed by atoms with Gasteiger partial charge in [-0.05, 0) is 66.8 Å². The molecule has 36 heavy (non-hydrogen) atoms. The van der Waals surface area contributed by atoms with Gasteiger partial charge in [-0.3, -0.25) is 14.6 Å². The summed E-state index contributed by atoms with van der Waals surface area (Å²) in [5.74, 6) is 0.596. The Morgan fingerprint density at radius 2 is 1.86 bits per heavy atom. The molecule has 0 bridgehead atoms. The number of nitrogens with zero attached hydrogens (tertiary/aromatic N) is 2. The SMILES string of the molecule is CCCCCOc1ccc(C2c3c(oc4cc(C)cc(C)c4c3=O)C(=O)N2Cc2cccnc2)cc1. The molecule has 1 aliphatic heterocycles. The molecular formula is C30H30N2O4. The molecular weight excluding hydrogens is 452 g/mol. The Kier molecular flexibility index (Phi) is 6.59. The normalized spacial score (nSPS) is 14.9. The summed E-state index contributed by atoms with van der Waals surface area (Å²) < 4.78 is 12.0. The van der Waals surface area contributed by atoms with Crippen molar-refractivity contribution in [3.05, 3.63) is 105 Å². The van der Waals surface area contributed by atoms with Gasteiger partial charge < -0.3 is 14.1 Å². The number of carbonyl (C=O) groups is 1. The Morgan fingerprint density at radius 1 is 1.06 bits per heavy atom. The van der Waals surface area contributed by atoms with Crippen LogP contribution in [0.4, 0.5) is 0 Å². The van der Waals surface area contributed by atoms with Gasteiger partial charge in [0.25, 0.3) is 5.91 Å². The van der Waals surface area contributed by atoms with E-state index in [1.54, 1.807) is 17.3 Å². The van der Waals surface area contributed by atoms with E-state index >= 15 is 0 Å². The Labute approximate surface area is 210 Å².